The predicted molar refractivity (Wildman–Crippen MR) is 73.5 cm³/mol. The van der Waals surface area contributed by atoms with E-state index in [1.54, 1.807) is 12.1 Å². The fourth-order valence-electron chi connectivity index (χ4n) is 1.48. The second-order valence-corrected chi connectivity index (χ2v) is 6.43. The van der Waals surface area contributed by atoms with E-state index in [1.807, 2.05) is 13.8 Å². The summed E-state index contributed by atoms with van der Waals surface area (Å²) in [5, 5.41) is 8.85. The Morgan fingerprint density at radius 2 is 2.11 bits per heavy atom. The number of aromatic carboxylic acids is 1. The summed E-state index contributed by atoms with van der Waals surface area (Å²) in [6.45, 7) is 4.36. The van der Waals surface area contributed by atoms with Crippen molar-refractivity contribution in [2.24, 2.45) is 5.92 Å². The highest BCUT2D eigenvalue weighted by molar-refractivity contribution is 7.88. The van der Waals surface area contributed by atoms with Crippen molar-refractivity contribution in [3.8, 4) is 0 Å². The molecule has 1 aromatic rings. The van der Waals surface area contributed by atoms with Crippen LogP contribution in [0.2, 0.25) is 0 Å². The Morgan fingerprint density at radius 3 is 2.68 bits per heavy atom. The third-order valence-corrected chi connectivity index (χ3v) is 4.20. The van der Waals surface area contributed by atoms with Crippen molar-refractivity contribution >= 4 is 16.0 Å². The van der Waals surface area contributed by atoms with Crippen LogP contribution < -0.4 is 4.72 Å². The number of hydrogen-bond acceptors (Lipinski definition) is 3. The van der Waals surface area contributed by atoms with E-state index in [4.69, 9.17) is 5.11 Å². The Kier molecular flexibility index (Phi) is 5.50. The zero-order valence-electron chi connectivity index (χ0n) is 11.1. The molecule has 0 bridgehead atoms. The average molecular weight is 285 g/mol. The summed E-state index contributed by atoms with van der Waals surface area (Å²) >= 11 is 0. The van der Waals surface area contributed by atoms with Crippen molar-refractivity contribution in [1.29, 1.82) is 0 Å². The minimum Gasteiger partial charge on any atom is -0.478 e. The maximum absolute atomic E-state index is 11.8. The number of carboxylic acids is 1. The Morgan fingerprint density at radius 1 is 1.42 bits per heavy atom. The number of rotatable bonds is 7. The quantitative estimate of drug-likeness (QED) is 0.801. The standard InChI is InChI=1S/C13H19NO4S/c1-3-10(2)8-14-19(17,18)9-11-5-4-6-12(7-11)13(15)16/h4-7,10,14H,3,8-9H2,1-2H3,(H,15,16). The van der Waals surface area contributed by atoms with Gasteiger partial charge in [0.25, 0.3) is 0 Å². The molecular formula is C13H19NO4S. The summed E-state index contributed by atoms with van der Waals surface area (Å²) in [4.78, 5) is 10.8. The molecule has 0 saturated carbocycles. The first-order valence-electron chi connectivity index (χ1n) is 6.13. The van der Waals surface area contributed by atoms with Gasteiger partial charge in [0.1, 0.15) is 0 Å². The van der Waals surface area contributed by atoms with Crippen LogP contribution in [0.3, 0.4) is 0 Å². The zero-order valence-corrected chi connectivity index (χ0v) is 11.9. The second-order valence-electron chi connectivity index (χ2n) is 4.63. The monoisotopic (exact) mass is 285 g/mol. The van der Waals surface area contributed by atoms with E-state index < -0.39 is 16.0 Å². The van der Waals surface area contributed by atoms with Gasteiger partial charge in [-0.05, 0) is 23.6 Å². The van der Waals surface area contributed by atoms with Crippen LogP contribution in [-0.2, 0) is 15.8 Å². The van der Waals surface area contributed by atoms with Crippen LogP contribution in [0.15, 0.2) is 24.3 Å². The van der Waals surface area contributed by atoms with Gasteiger partial charge in [-0.15, -0.1) is 0 Å². The molecule has 0 aliphatic carbocycles. The van der Waals surface area contributed by atoms with Crippen LogP contribution >= 0.6 is 0 Å². The fraction of sp³-hybridized carbons (Fsp3) is 0.462. The molecule has 1 rings (SSSR count). The molecule has 1 unspecified atom stereocenters. The summed E-state index contributed by atoms with van der Waals surface area (Å²) in [7, 11) is -3.43. The maximum Gasteiger partial charge on any atom is 0.335 e. The number of sulfonamides is 1. The van der Waals surface area contributed by atoms with E-state index in [0.717, 1.165) is 6.42 Å². The number of nitrogens with one attached hydrogen (secondary N) is 1. The van der Waals surface area contributed by atoms with Gasteiger partial charge in [-0.25, -0.2) is 17.9 Å². The van der Waals surface area contributed by atoms with Gasteiger partial charge in [0.2, 0.25) is 10.0 Å². The lowest BCUT2D eigenvalue weighted by atomic mass is 10.1. The van der Waals surface area contributed by atoms with Crippen LogP contribution in [0.4, 0.5) is 0 Å². The number of hydrogen-bond donors (Lipinski definition) is 2. The van der Waals surface area contributed by atoms with Crippen LogP contribution in [0.5, 0.6) is 0 Å². The lowest BCUT2D eigenvalue weighted by Crippen LogP contribution is -2.29. The van der Waals surface area contributed by atoms with Gasteiger partial charge in [0.15, 0.2) is 0 Å². The van der Waals surface area contributed by atoms with Crippen LogP contribution in [0, 0.1) is 5.92 Å². The molecule has 0 amide bonds. The van der Waals surface area contributed by atoms with Gasteiger partial charge in [-0.2, -0.15) is 0 Å². The molecule has 1 atom stereocenters. The number of benzene rings is 1. The van der Waals surface area contributed by atoms with Gasteiger partial charge in [-0.1, -0.05) is 32.4 Å². The first kappa shape index (κ1) is 15.7. The molecule has 0 fully saturated rings. The van der Waals surface area contributed by atoms with Crippen LogP contribution in [0.25, 0.3) is 0 Å². The maximum atomic E-state index is 11.8. The Bertz CT molecular complexity index is 539. The summed E-state index contributed by atoms with van der Waals surface area (Å²) in [5.74, 6) is -0.989. The van der Waals surface area contributed by atoms with Crippen LogP contribution in [0.1, 0.15) is 36.2 Å². The third kappa shape index (κ3) is 5.40. The van der Waals surface area contributed by atoms with Gasteiger partial charge in [0, 0.05) is 6.54 Å². The third-order valence-electron chi connectivity index (χ3n) is 2.88. The fourth-order valence-corrected chi connectivity index (χ4v) is 2.74. The van der Waals surface area contributed by atoms with Crippen molar-refractivity contribution in [1.82, 2.24) is 4.72 Å². The number of carboxylic acid groups (broad SMARTS) is 1. The lowest BCUT2D eigenvalue weighted by molar-refractivity contribution is 0.0696. The van der Waals surface area contributed by atoms with E-state index in [0.29, 0.717) is 12.1 Å². The molecule has 0 heterocycles. The molecule has 1 aromatic carbocycles. The molecule has 5 nitrogen and oxygen atoms in total. The van der Waals surface area contributed by atoms with Crippen molar-refractivity contribution in [2.75, 3.05) is 6.54 Å². The average Bonchev–Trinajstić information content (AvgIpc) is 2.35. The molecule has 106 valence electrons. The minimum absolute atomic E-state index is 0.0922. The van der Waals surface area contributed by atoms with Crippen molar-refractivity contribution < 1.29 is 18.3 Å². The van der Waals surface area contributed by atoms with E-state index in [-0.39, 0.29) is 17.2 Å². The molecular weight excluding hydrogens is 266 g/mol. The lowest BCUT2D eigenvalue weighted by Gasteiger charge is -2.11. The highest BCUT2D eigenvalue weighted by Crippen LogP contribution is 2.09. The SMILES string of the molecule is CCC(C)CNS(=O)(=O)Cc1cccc(C(=O)O)c1. The summed E-state index contributed by atoms with van der Waals surface area (Å²) in [5.41, 5.74) is 0.561. The van der Waals surface area contributed by atoms with Gasteiger partial charge < -0.3 is 5.11 Å². The van der Waals surface area contributed by atoms with Crippen molar-refractivity contribution in [3.63, 3.8) is 0 Å². The normalized spacial score (nSPS) is 13.2. The molecule has 0 spiro atoms. The first-order chi connectivity index (χ1) is 8.84. The molecule has 2 N–H and O–H groups in total. The van der Waals surface area contributed by atoms with Crippen LogP contribution in [-0.4, -0.2) is 26.0 Å². The highest BCUT2D eigenvalue weighted by Gasteiger charge is 2.13. The van der Waals surface area contributed by atoms with E-state index in [2.05, 4.69) is 4.72 Å². The smallest absolute Gasteiger partial charge is 0.335 e. The second kappa shape index (κ2) is 6.68. The molecule has 0 aliphatic rings. The summed E-state index contributed by atoms with van der Waals surface area (Å²) < 4.78 is 26.2. The Balaban J connectivity index is 2.72. The molecule has 19 heavy (non-hydrogen) atoms. The van der Waals surface area contributed by atoms with Crippen molar-refractivity contribution in [3.05, 3.63) is 35.4 Å². The zero-order chi connectivity index (χ0) is 14.5. The van der Waals surface area contributed by atoms with Gasteiger partial charge in [0.05, 0.1) is 11.3 Å². The molecule has 0 aromatic heterocycles. The largest absolute Gasteiger partial charge is 0.478 e. The minimum atomic E-state index is -3.43. The summed E-state index contributed by atoms with van der Waals surface area (Å²) in [6, 6.07) is 5.97. The number of carbonyl (C=O) groups is 1. The van der Waals surface area contributed by atoms with Gasteiger partial charge >= 0.3 is 5.97 Å². The Hall–Kier alpha value is -1.40. The van der Waals surface area contributed by atoms with Gasteiger partial charge in [-0.3, -0.25) is 0 Å². The summed E-state index contributed by atoms with van der Waals surface area (Å²) in [6.07, 6.45) is 0.900. The Labute approximate surface area is 113 Å². The molecule has 0 aliphatic heterocycles. The first-order valence-corrected chi connectivity index (χ1v) is 7.79. The van der Waals surface area contributed by atoms with E-state index in [1.165, 1.54) is 12.1 Å². The predicted octanol–water partition coefficient (Wildman–Crippen LogP) is 1.85. The molecule has 0 radical (unpaired) electrons. The topological polar surface area (TPSA) is 83.5 Å². The molecule has 6 heteroatoms. The van der Waals surface area contributed by atoms with Crippen molar-refractivity contribution in [2.45, 2.75) is 26.0 Å². The van der Waals surface area contributed by atoms with E-state index >= 15 is 0 Å². The highest BCUT2D eigenvalue weighted by atomic mass is 32.2. The molecule has 0 saturated heterocycles. The van der Waals surface area contributed by atoms with E-state index in [9.17, 15) is 13.2 Å².